The van der Waals surface area contributed by atoms with Crippen LogP contribution in [0.5, 0.6) is 17.5 Å². The maximum absolute atomic E-state index is 14.5. The van der Waals surface area contributed by atoms with Crippen LogP contribution < -0.4 is 20.5 Å². The van der Waals surface area contributed by atoms with Gasteiger partial charge in [-0.25, -0.2) is 18.4 Å². The highest BCUT2D eigenvalue weighted by Crippen LogP contribution is 2.32. The van der Waals surface area contributed by atoms with Crippen LogP contribution in [-0.4, -0.2) is 33.9 Å². The van der Waals surface area contributed by atoms with E-state index in [1.54, 1.807) is 39.8 Å². The van der Waals surface area contributed by atoms with Gasteiger partial charge in [0.05, 0.1) is 0 Å². The number of carbonyl (C=O) groups excluding carboxylic acids is 1. The first kappa shape index (κ1) is 29.3. The Morgan fingerprint density at radius 2 is 1.72 bits per heavy atom. The fourth-order valence-corrected chi connectivity index (χ4v) is 3.50. The van der Waals surface area contributed by atoms with Gasteiger partial charge in [-0.2, -0.15) is 4.98 Å². The zero-order chi connectivity index (χ0) is 28.7. The van der Waals surface area contributed by atoms with E-state index in [-0.39, 0.29) is 25.3 Å². The van der Waals surface area contributed by atoms with Gasteiger partial charge in [0.1, 0.15) is 11.4 Å². The number of hydrogen-bond donors (Lipinski definition) is 3. The zero-order valence-electron chi connectivity index (χ0n) is 22.1. The number of alkyl carbamates (subject to hydrolysis) is 1. The van der Waals surface area contributed by atoms with Crippen LogP contribution in [-0.2, 0) is 22.6 Å². The predicted octanol–water partition coefficient (Wildman–Crippen LogP) is 5.54. The van der Waals surface area contributed by atoms with Crippen molar-refractivity contribution >= 4 is 12.1 Å². The third kappa shape index (κ3) is 8.37. The van der Waals surface area contributed by atoms with E-state index in [4.69, 9.17) is 19.9 Å². The minimum absolute atomic E-state index is 0.0400. The number of aliphatic carboxylic acids is 1. The van der Waals surface area contributed by atoms with Crippen molar-refractivity contribution in [2.75, 3.05) is 0 Å². The van der Waals surface area contributed by atoms with E-state index in [9.17, 15) is 23.5 Å². The summed E-state index contributed by atoms with van der Waals surface area (Å²) < 4.78 is 44.8. The molecule has 11 heteroatoms. The molecule has 0 aliphatic carbocycles. The number of carboxylic acids is 1. The van der Waals surface area contributed by atoms with Gasteiger partial charge in [0.15, 0.2) is 17.7 Å². The third-order valence-corrected chi connectivity index (χ3v) is 5.28. The number of rotatable bonds is 10. The molecule has 1 atom stereocenters. The summed E-state index contributed by atoms with van der Waals surface area (Å²) in [6.07, 6.45) is -1.87. The van der Waals surface area contributed by atoms with E-state index < -0.39 is 47.2 Å². The Kier molecular flexibility index (Phi) is 9.42. The summed E-state index contributed by atoms with van der Waals surface area (Å²) in [5, 5.41) is 11.9. The van der Waals surface area contributed by atoms with Crippen LogP contribution in [0.3, 0.4) is 0 Å². The van der Waals surface area contributed by atoms with Crippen molar-refractivity contribution in [3.8, 4) is 28.6 Å². The fourth-order valence-electron chi connectivity index (χ4n) is 3.50. The second kappa shape index (κ2) is 12.5. The number of carbonyl (C=O) groups is 2. The Hall–Kier alpha value is -4.25. The van der Waals surface area contributed by atoms with Gasteiger partial charge in [-0.1, -0.05) is 25.1 Å². The number of ether oxygens (including phenoxy) is 3. The van der Waals surface area contributed by atoms with Crippen molar-refractivity contribution in [1.82, 2.24) is 10.3 Å². The van der Waals surface area contributed by atoms with Crippen LogP contribution in [0.2, 0.25) is 0 Å². The number of nitrogens with two attached hydrogens (primary N) is 1. The Morgan fingerprint density at radius 1 is 1.03 bits per heavy atom. The maximum atomic E-state index is 14.5. The highest BCUT2D eigenvalue weighted by Gasteiger charge is 2.23. The fraction of sp³-hybridized carbons (Fsp3) is 0.321. The average Bonchev–Trinajstić information content (AvgIpc) is 2.87. The van der Waals surface area contributed by atoms with Crippen LogP contribution >= 0.6 is 0 Å². The molecule has 1 unspecified atom stereocenters. The molecule has 0 fully saturated rings. The molecule has 2 aromatic carbocycles. The molecule has 0 radical (unpaired) electrons. The third-order valence-electron chi connectivity index (χ3n) is 5.28. The van der Waals surface area contributed by atoms with Crippen LogP contribution in [0.25, 0.3) is 11.1 Å². The lowest BCUT2D eigenvalue weighted by Gasteiger charge is -2.19. The van der Waals surface area contributed by atoms with Gasteiger partial charge in [-0.3, -0.25) is 0 Å². The minimum Gasteiger partial charge on any atom is -0.479 e. The van der Waals surface area contributed by atoms with E-state index in [1.807, 2.05) is 30.3 Å². The summed E-state index contributed by atoms with van der Waals surface area (Å²) in [6.45, 7) is 7.24. The van der Waals surface area contributed by atoms with Gasteiger partial charge >= 0.3 is 12.1 Å². The van der Waals surface area contributed by atoms with Gasteiger partial charge < -0.3 is 30.4 Å². The smallest absolute Gasteiger partial charge is 0.407 e. The Bertz CT molecular complexity index is 1340. The van der Waals surface area contributed by atoms with Crippen molar-refractivity contribution in [2.45, 2.75) is 58.9 Å². The molecule has 0 aliphatic rings. The molecule has 0 aliphatic heterocycles. The average molecular weight is 544 g/mol. The molecule has 3 aromatic rings. The van der Waals surface area contributed by atoms with Crippen molar-refractivity contribution in [1.29, 1.82) is 0 Å². The molecule has 1 heterocycles. The topological polar surface area (TPSA) is 133 Å². The van der Waals surface area contributed by atoms with Crippen molar-refractivity contribution in [3.63, 3.8) is 0 Å². The molecule has 1 amide bonds. The number of nitrogens with zero attached hydrogens (tertiary/aromatic N) is 1. The highest BCUT2D eigenvalue weighted by molar-refractivity contribution is 5.72. The summed E-state index contributed by atoms with van der Waals surface area (Å²) in [4.78, 5) is 27.0. The molecule has 1 aromatic heterocycles. The number of hydrogen-bond acceptors (Lipinski definition) is 7. The first-order chi connectivity index (χ1) is 18.4. The van der Waals surface area contributed by atoms with Crippen molar-refractivity contribution in [2.24, 2.45) is 5.73 Å². The van der Waals surface area contributed by atoms with Crippen LogP contribution in [0.1, 0.15) is 45.2 Å². The predicted molar refractivity (Wildman–Crippen MR) is 139 cm³/mol. The van der Waals surface area contributed by atoms with E-state index in [1.165, 1.54) is 0 Å². The van der Waals surface area contributed by atoms with Gasteiger partial charge in [-0.05, 0) is 73.7 Å². The number of benzene rings is 2. The van der Waals surface area contributed by atoms with E-state index in [2.05, 4.69) is 10.3 Å². The lowest BCUT2D eigenvalue weighted by atomic mass is 10.0. The monoisotopic (exact) mass is 543 g/mol. The number of pyridine rings is 1. The molecule has 3 rings (SSSR count). The Balaban J connectivity index is 1.87. The van der Waals surface area contributed by atoms with Crippen molar-refractivity contribution in [3.05, 3.63) is 71.3 Å². The molecular weight excluding hydrogens is 512 g/mol. The summed E-state index contributed by atoms with van der Waals surface area (Å²) >= 11 is 0. The standard InChI is InChI=1S/C28H31F2N3O6/c1-5-23(26(34)35)38-25-22(30)13-21(29)24(33-25)37-20-11-17(14-31)10-19(12-20)18-8-6-7-16(9-18)15-32-27(36)39-28(2,3)4/h6-13,23H,5,14-15,31H2,1-4H3,(H,32,36)(H,34,35). The van der Waals surface area contributed by atoms with E-state index in [0.717, 1.165) is 11.1 Å². The summed E-state index contributed by atoms with van der Waals surface area (Å²) in [6, 6.07) is 12.9. The Labute approximate surface area is 224 Å². The highest BCUT2D eigenvalue weighted by atomic mass is 19.1. The summed E-state index contributed by atoms with van der Waals surface area (Å²) in [7, 11) is 0. The van der Waals surface area contributed by atoms with E-state index in [0.29, 0.717) is 17.2 Å². The molecule has 4 N–H and O–H groups in total. The lowest BCUT2D eigenvalue weighted by Crippen LogP contribution is -2.32. The van der Waals surface area contributed by atoms with Crippen LogP contribution in [0.4, 0.5) is 13.6 Å². The second-order valence-corrected chi connectivity index (χ2v) is 9.64. The number of halogens is 2. The molecule has 39 heavy (non-hydrogen) atoms. The molecule has 9 nitrogen and oxygen atoms in total. The van der Waals surface area contributed by atoms with Crippen LogP contribution in [0.15, 0.2) is 48.5 Å². The maximum Gasteiger partial charge on any atom is 0.407 e. The largest absolute Gasteiger partial charge is 0.479 e. The molecule has 208 valence electrons. The van der Waals surface area contributed by atoms with Gasteiger partial charge in [0.2, 0.25) is 0 Å². The first-order valence-corrected chi connectivity index (χ1v) is 12.2. The molecule has 0 bridgehead atoms. The normalized spacial score (nSPS) is 12.0. The quantitative estimate of drug-likeness (QED) is 0.303. The van der Waals surface area contributed by atoms with Crippen LogP contribution in [0, 0.1) is 11.6 Å². The number of nitrogens with one attached hydrogen (secondary N) is 1. The minimum atomic E-state index is -1.37. The Morgan fingerprint density at radius 3 is 2.36 bits per heavy atom. The SMILES string of the molecule is CCC(Oc1nc(Oc2cc(CN)cc(-c3cccc(CNC(=O)OC(C)(C)C)c3)c2)c(F)cc1F)C(=O)O. The summed E-state index contributed by atoms with van der Waals surface area (Å²) in [5.74, 6) is -4.69. The van der Waals surface area contributed by atoms with Gasteiger partial charge in [0, 0.05) is 19.2 Å². The van der Waals surface area contributed by atoms with E-state index >= 15 is 0 Å². The number of carboxylic acid groups (broad SMARTS) is 1. The molecule has 0 spiro atoms. The molecule has 0 saturated heterocycles. The number of aromatic nitrogens is 1. The lowest BCUT2D eigenvalue weighted by molar-refractivity contribution is -0.145. The van der Waals surface area contributed by atoms with Crippen molar-refractivity contribution < 1.29 is 37.7 Å². The molecular formula is C28H31F2N3O6. The second-order valence-electron chi connectivity index (χ2n) is 9.64. The zero-order valence-corrected chi connectivity index (χ0v) is 22.1. The number of amides is 1. The molecule has 0 saturated carbocycles. The van der Waals surface area contributed by atoms with Gasteiger partial charge in [-0.15, -0.1) is 0 Å². The van der Waals surface area contributed by atoms with Gasteiger partial charge in [0.25, 0.3) is 11.8 Å². The summed E-state index contributed by atoms with van der Waals surface area (Å²) in [5.41, 5.74) is 8.15. The first-order valence-electron chi connectivity index (χ1n) is 12.2.